The molecule has 0 aromatic carbocycles. The highest BCUT2D eigenvalue weighted by Crippen LogP contribution is 2.49. The molecule has 3 aliphatic rings. The van der Waals surface area contributed by atoms with E-state index < -0.39 is 162 Å². The van der Waals surface area contributed by atoms with E-state index in [0.717, 1.165) is 128 Å². The van der Waals surface area contributed by atoms with Crippen LogP contribution in [0.15, 0.2) is 0 Å². The molecule has 0 bridgehead atoms. The molecule has 1 aliphatic carbocycles. The van der Waals surface area contributed by atoms with Crippen LogP contribution in [-0.4, -0.2) is 205 Å². The van der Waals surface area contributed by atoms with Crippen LogP contribution in [0.5, 0.6) is 0 Å². The van der Waals surface area contributed by atoms with Gasteiger partial charge in [-0.25, -0.2) is 4.57 Å². The number of aliphatic hydroxyl groups is 9. The smallest absolute Gasteiger partial charge is 0.463 e. The van der Waals surface area contributed by atoms with Crippen LogP contribution in [0.4, 0.5) is 0 Å². The van der Waals surface area contributed by atoms with E-state index in [9.17, 15) is 74.6 Å². The molecule has 21 atom stereocenters. The fourth-order valence-electron chi connectivity index (χ4n) is 16.8. The summed E-state index contributed by atoms with van der Waals surface area (Å²) in [5, 5.41) is 103. The number of unbranched alkanes of at least 4 members (excludes halogenated alkanes) is 42. The molecule has 0 amide bonds. The van der Waals surface area contributed by atoms with Gasteiger partial charge in [0.15, 0.2) is 24.8 Å². The molecule has 21 unspecified atom stereocenters. The van der Waals surface area contributed by atoms with Gasteiger partial charge in [0.1, 0.15) is 92.6 Å². The van der Waals surface area contributed by atoms with Gasteiger partial charge in [0.25, 0.3) is 0 Å². The molecule has 708 valence electrons. The highest BCUT2D eigenvalue weighted by molar-refractivity contribution is 7.47. The van der Waals surface area contributed by atoms with Crippen molar-refractivity contribution in [1.29, 1.82) is 0 Å². The molecule has 0 aromatic rings. The molecule has 3 rings (SSSR count). The zero-order valence-corrected chi connectivity index (χ0v) is 77.0. The number of hydrogen-bond acceptors (Lipinski definition) is 24. The van der Waals surface area contributed by atoms with Crippen molar-refractivity contribution >= 4 is 31.7 Å². The Kier molecular flexibility index (Phi) is 65.5. The molecule has 120 heavy (non-hydrogen) atoms. The molecule has 2 saturated heterocycles. The average Bonchev–Trinajstić information content (AvgIpc) is 0.753. The molecule has 0 spiro atoms. The summed E-state index contributed by atoms with van der Waals surface area (Å²) in [6.07, 6.45) is 23.8. The molecule has 2 heterocycles. The number of esters is 4. The number of carbonyl (C=O) groups excluding carboxylic acids is 4. The van der Waals surface area contributed by atoms with E-state index in [1.165, 1.54) is 193 Å². The lowest BCUT2D eigenvalue weighted by Crippen LogP contribution is -2.70. The van der Waals surface area contributed by atoms with E-state index >= 15 is 0 Å². The molecule has 10 N–H and O–H groups in total. The van der Waals surface area contributed by atoms with Crippen LogP contribution in [0.25, 0.3) is 0 Å². The predicted octanol–water partition coefficient (Wildman–Crippen LogP) is 18.5. The van der Waals surface area contributed by atoms with Crippen LogP contribution in [0, 0.1) is 17.8 Å². The van der Waals surface area contributed by atoms with Gasteiger partial charge in [0.05, 0.1) is 13.2 Å². The molecular weight excluding hydrogens is 1560 g/mol. The van der Waals surface area contributed by atoms with Crippen LogP contribution in [-0.2, 0) is 70.7 Å². The van der Waals surface area contributed by atoms with Crippen molar-refractivity contribution in [3.63, 3.8) is 0 Å². The van der Waals surface area contributed by atoms with Gasteiger partial charge in [0.2, 0.25) is 0 Å². The second kappa shape index (κ2) is 70.4. The van der Waals surface area contributed by atoms with Gasteiger partial charge in [-0.2, -0.15) is 0 Å². The number of aliphatic hydroxyl groups excluding tert-OH is 9. The normalized spacial score (nSPS) is 25.5. The molecule has 0 radical (unpaired) electrons. The van der Waals surface area contributed by atoms with E-state index in [1.54, 1.807) is 0 Å². The summed E-state index contributed by atoms with van der Waals surface area (Å²) in [5.41, 5.74) is 0. The predicted molar refractivity (Wildman–Crippen MR) is 467 cm³/mol. The second-order valence-electron chi connectivity index (χ2n) is 36.1. The largest absolute Gasteiger partial charge is 0.472 e. The van der Waals surface area contributed by atoms with Gasteiger partial charge in [-0.3, -0.25) is 28.2 Å². The molecule has 0 aromatic heterocycles. The van der Waals surface area contributed by atoms with E-state index in [-0.39, 0.29) is 25.7 Å². The van der Waals surface area contributed by atoms with Gasteiger partial charge >= 0.3 is 31.7 Å². The first kappa shape index (κ1) is 112. The summed E-state index contributed by atoms with van der Waals surface area (Å²) in [5.74, 6) is -0.948. The Morgan fingerprint density at radius 3 is 0.992 bits per heavy atom. The van der Waals surface area contributed by atoms with Gasteiger partial charge in [-0.1, -0.05) is 376 Å². The highest BCUT2D eigenvalue weighted by atomic mass is 31.2. The lowest BCUT2D eigenvalue weighted by Gasteiger charge is -2.50. The van der Waals surface area contributed by atoms with Crippen molar-refractivity contribution in [1.82, 2.24) is 0 Å². The lowest BCUT2D eigenvalue weighted by atomic mass is 9.84. The molecule has 1 saturated carbocycles. The van der Waals surface area contributed by atoms with Gasteiger partial charge in [-0.05, 0) is 43.4 Å². The Hall–Kier alpha value is -2.53. The van der Waals surface area contributed by atoms with Gasteiger partial charge in [0, 0.05) is 25.7 Å². The van der Waals surface area contributed by atoms with E-state index in [4.69, 9.17) is 46.9 Å². The van der Waals surface area contributed by atoms with Gasteiger partial charge < -0.3 is 88.7 Å². The quantitative estimate of drug-likeness (QED) is 0.0117. The van der Waals surface area contributed by atoms with E-state index in [0.29, 0.717) is 49.9 Å². The number of hydrogen-bond donors (Lipinski definition) is 10. The number of ether oxygens (including phenoxy) is 8. The highest BCUT2D eigenvalue weighted by Gasteiger charge is 2.60. The Balaban J connectivity index is 1.92. The molecular formula is C94H177O25P. The zero-order valence-electron chi connectivity index (χ0n) is 76.1. The molecule has 2 aliphatic heterocycles. The standard InChI is InChI=1S/C94H177O25P/c1-8-12-16-20-24-25-26-27-28-29-30-45-55-65-79(98)113-74(68-110-77(96)63-53-43-34-31-40-50-60-71(5)57-47-37-21-17-13-9-2)69-112-120(108,109)119-92-90(117-93-87(106)83(102)81(100)75(67-95)114-93)86(105)85(104)89(116-80(99)66-56-46-36-33-42-52-62-73(7)59-49-39-23-19-15-11-4)91(92)118-94-88(107)84(103)82(101)76(115-94)70-111-78(97)64-54-44-35-32-41-51-61-72(6)58-48-38-22-18-14-10-3/h71-76,81-95,100-107H,8-70H2,1-7H3,(H,108,109). The Morgan fingerprint density at radius 2 is 0.625 bits per heavy atom. The van der Waals surface area contributed by atoms with Crippen molar-refractivity contribution in [3.8, 4) is 0 Å². The SMILES string of the molecule is CCCCCCCCCCCCCCCC(=O)OC(COC(=O)CCCCCCCCC(C)CCCCCCCC)COP(=O)(O)OC1C(OC2OC(CO)C(O)C(O)C2O)C(O)C(O)C(OC(=O)CCCCCCCCC(C)CCCCCCCC)C1OC1OC(COC(=O)CCCCCCCCC(C)CCCCCCCC)C(O)C(O)C1O. The lowest BCUT2D eigenvalue weighted by molar-refractivity contribution is -0.360. The summed E-state index contributed by atoms with van der Waals surface area (Å²) in [4.78, 5) is 66.7. The maximum Gasteiger partial charge on any atom is 0.472 e. The third kappa shape index (κ3) is 50.9. The minimum atomic E-state index is -5.81. The minimum absolute atomic E-state index is 0.0163. The van der Waals surface area contributed by atoms with Crippen molar-refractivity contribution in [2.24, 2.45) is 17.8 Å². The number of phosphoric ester groups is 1. The van der Waals surface area contributed by atoms with Crippen LogP contribution < -0.4 is 0 Å². The minimum Gasteiger partial charge on any atom is -0.463 e. The van der Waals surface area contributed by atoms with Crippen LogP contribution in [0.3, 0.4) is 0 Å². The summed E-state index contributed by atoms with van der Waals surface area (Å²) < 4.78 is 73.7. The first-order chi connectivity index (χ1) is 57.9. The fourth-order valence-corrected chi connectivity index (χ4v) is 17.7. The first-order valence-corrected chi connectivity index (χ1v) is 50.4. The van der Waals surface area contributed by atoms with Crippen molar-refractivity contribution in [2.45, 2.75) is 531 Å². The summed E-state index contributed by atoms with van der Waals surface area (Å²) >= 11 is 0. The molecule has 25 nitrogen and oxygen atoms in total. The molecule has 3 fully saturated rings. The third-order valence-corrected chi connectivity index (χ3v) is 25.8. The summed E-state index contributed by atoms with van der Waals surface area (Å²) in [6.45, 7) is 12.6. The van der Waals surface area contributed by atoms with Gasteiger partial charge in [-0.15, -0.1) is 0 Å². The van der Waals surface area contributed by atoms with E-state index in [2.05, 4.69) is 48.5 Å². The second-order valence-corrected chi connectivity index (χ2v) is 37.5. The van der Waals surface area contributed by atoms with Crippen LogP contribution in [0.2, 0.25) is 0 Å². The Labute approximate surface area is 725 Å². The Bertz CT molecular complexity index is 2540. The van der Waals surface area contributed by atoms with Crippen molar-refractivity contribution in [3.05, 3.63) is 0 Å². The van der Waals surface area contributed by atoms with Crippen LogP contribution in [0.1, 0.15) is 427 Å². The maximum atomic E-state index is 14.9. The fraction of sp³-hybridized carbons (Fsp3) is 0.957. The van der Waals surface area contributed by atoms with Crippen molar-refractivity contribution in [2.75, 3.05) is 26.4 Å². The maximum absolute atomic E-state index is 14.9. The Morgan fingerprint density at radius 1 is 0.325 bits per heavy atom. The monoisotopic (exact) mass is 1740 g/mol. The number of phosphoric acid groups is 1. The third-order valence-electron chi connectivity index (χ3n) is 24.8. The number of carbonyl (C=O) groups is 4. The van der Waals surface area contributed by atoms with Crippen LogP contribution >= 0.6 is 7.82 Å². The van der Waals surface area contributed by atoms with Crippen molar-refractivity contribution < 1.29 is 122 Å². The van der Waals surface area contributed by atoms with E-state index in [1.807, 2.05) is 0 Å². The summed E-state index contributed by atoms with van der Waals surface area (Å²) in [6, 6.07) is 0. The zero-order chi connectivity index (χ0) is 88.0. The average molecular weight is 1740 g/mol. The molecule has 26 heteroatoms. The first-order valence-electron chi connectivity index (χ1n) is 48.9. The topological polar surface area (TPSA) is 380 Å². The summed E-state index contributed by atoms with van der Waals surface area (Å²) in [7, 11) is -5.81. The number of rotatable bonds is 78.